The smallest absolute Gasteiger partial charge is 0.313 e. The molecule has 0 saturated heterocycles. The van der Waals surface area contributed by atoms with Crippen LogP contribution in [0, 0.1) is 11.2 Å². The number of ether oxygens (including phenoxy) is 1. The van der Waals surface area contributed by atoms with Gasteiger partial charge in [0.15, 0.2) is 0 Å². The van der Waals surface area contributed by atoms with E-state index in [0.29, 0.717) is 5.56 Å². The minimum Gasteiger partial charge on any atom is -0.469 e. The third kappa shape index (κ3) is 3.17. The quantitative estimate of drug-likeness (QED) is 0.851. The zero-order valence-corrected chi connectivity index (χ0v) is 10.9. The van der Waals surface area contributed by atoms with E-state index in [2.05, 4.69) is 4.74 Å². The maximum atomic E-state index is 13.5. The summed E-state index contributed by atoms with van der Waals surface area (Å²) in [7, 11) is 1.29. The number of carbonyl (C=O) groups is 1. The lowest BCUT2D eigenvalue weighted by molar-refractivity contribution is -0.152. The first kappa shape index (κ1) is 15.9. The van der Waals surface area contributed by atoms with Crippen LogP contribution in [0.1, 0.15) is 25.5 Å². The van der Waals surface area contributed by atoms with Crippen molar-refractivity contribution in [3.63, 3.8) is 0 Å². The second-order valence-electron chi connectivity index (χ2n) is 4.21. The largest absolute Gasteiger partial charge is 0.469 e. The van der Waals surface area contributed by atoms with Gasteiger partial charge in [-0.05, 0) is 19.9 Å². The molecule has 0 aromatic heterocycles. The van der Waals surface area contributed by atoms with E-state index in [9.17, 15) is 9.18 Å². The third-order valence-electron chi connectivity index (χ3n) is 2.73. The first-order valence-corrected chi connectivity index (χ1v) is 4.99. The van der Waals surface area contributed by atoms with E-state index in [4.69, 9.17) is 5.73 Å². The van der Waals surface area contributed by atoms with Gasteiger partial charge in [-0.3, -0.25) is 4.79 Å². The number of carbonyl (C=O) groups excluding carboxylic acids is 1. The summed E-state index contributed by atoms with van der Waals surface area (Å²) in [6.45, 7) is 3.27. The second-order valence-corrected chi connectivity index (χ2v) is 4.21. The van der Waals surface area contributed by atoms with Gasteiger partial charge in [-0.15, -0.1) is 12.4 Å². The van der Waals surface area contributed by atoms with Gasteiger partial charge in [0.25, 0.3) is 0 Å². The monoisotopic (exact) mass is 261 g/mol. The summed E-state index contributed by atoms with van der Waals surface area (Å²) in [5.41, 5.74) is 5.27. The van der Waals surface area contributed by atoms with Crippen LogP contribution in [0.3, 0.4) is 0 Å². The lowest BCUT2D eigenvalue weighted by atomic mass is 9.81. The number of rotatable bonds is 3. The lowest BCUT2D eigenvalue weighted by Crippen LogP contribution is -2.37. The molecule has 0 aliphatic carbocycles. The van der Waals surface area contributed by atoms with Crippen LogP contribution in [0.4, 0.5) is 4.39 Å². The molecule has 0 aliphatic rings. The van der Waals surface area contributed by atoms with Gasteiger partial charge in [-0.2, -0.15) is 0 Å². The lowest BCUT2D eigenvalue weighted by Gasteiger charge is -2.29. The van der Waals surface area contributed by atoms with Crippen LogP contribution in [0.15, 0.2) is 24.3 Å². The van der Waals surface area contributed by atoms with Gasteiger partial charge in [0.2, 0.25) is 0 Å². The Morgan fingerprint density at radius 3 is 2.41 bits per heavy atom. The topological polar surface area (TPSA) is 52.3 Å². The maximum absolute atomic E-state index is 13.5. The number of halogens is 2. The van der Waals surface area contributed by atoms with Crippen molar-refractivity contribution in [3.8, 4) is 0 Å². The van der Waals surface area contributed by atoms with Crippen molar-refractivity contribution >= 4 is 18.4 Å². The molecule has 0 radical (unpaired) electrons. The molecule has 1 atom stereocenters. The summed E-state index contributed by atoms with van der Waals surface area (Å²) in [4.78, 5) is 11.5. The number of benzene rings is 1. The molecule has 96 valence electrons. The highest BCUT2D eigenvalue weighted by Gasteiger charge is 2.37. The highest BCUT2D eigenvalue weighted by molar-refractivity contribution is 5.85. The highest BCUT2D eigenvalue weighted by Crippen LogP contribution is 2.33. The van der Waals surface area contributed by atoms with Crippen molar-refractivity contribution in [2.24, 2.45) is 11.1 Å². The molecule has 5 heteroatoms. The Balaban J connectivity index is 0.00000256. The minimum atomic E-state index is -0.961. The molecule has 1 rings (SSSR count). The predicted octanol–water partition coefficient (Wildman–Crippen LogP) is 2.45. The van der Waals surface area contributed by atoms with E-state index >= 15 is 0 Å². The van der Waals surface area contributed by atoms with Crippen LogP contribution in [-0.4, -0.2) is 13.1 Å². The first-order chi connectivity index (χ1) is 7.41. The maximum Gasteiger partial charge on any atom is 0.313 e. The molecule has 0 amide bonds. The zero-order valence-electron chi connectivity index (χ0n) is 10.1. The van der Waals surface area contributed by atoms with E-state index < -0.39 is 23.2 Å². The van der Waals surface area contributed by atoms with Gasteiger partial charge < -0.3 is 10.5 Å². The van der Waals surface area contributed by atoms with Gasteiger partial charge in [-0.1, -0.05) is 18.2 Å². The van der Waals surface area contributed by atoms with Crippen LogP contribution in [0.5, 0.6) is 0 Å². The van der Waals surface area contributed by atoms with E-state index in [1.54, 1.807) is 32.0 Å². The molecular formula is C12H17ClFNO2. The Morgan fingerprint density at radius 1 is 1.41 bits per heavy atom. The van der Waals surface area contributed by atoms with Gasteiger partial charge in [0.05, 0.1) is 12.5 Å². The summed E-state index contributed by atoms with van der Waals surface area (Å²) in [5.74, 6) is -0.866. The van der Waals surface area contributed by atoms with Crippen LogP contribution < -0.4 is 5.73 Å². The second kappa shape index (κ2) is 5.98. The summed E-state index contributed by atoms with van der Waals surface area (Å²) in [6, 6.07) is 5.43. The van der Waals surface area contributed by atoms with E-state index in [1.165, 1.54) is 13.2 Å². The van der Waals surface area contributed by atoms with E-state index in [-0.39, 0.29) is 12.4 Å². The number of hydrogen-bond donors (Lipinski definition) is 1. The molecule has 0 spiro atoms. The predicted molar refractivity (Wildman–Crippen MR) is 66.4 cm³/mol. The Morgan fingerprint density at radius 2 is 1.94 bits per heavy atom. The standard InChI is InChI=1S/C12H16FNO2.ClH/c1-12(2,11(15)16-3)10(14)8-6-4-5-7-9(8)13;/h4-7,10H,14H2,1-3H3;1H/t10-;/m1./s1. The van der Waals surface area contributed by atoms with Gasteiger partial charge in [0.1, 0.15) is 5.82 Å². The van der Waals surface area contributed by atoms with Crippen LogP contribution in [-0.2, 0) is 9.53 Å². The van der Waals surface area contributed by atoms with Crippen molar-refractivity contribution < 1.29 is 13.9 Å². The van der Waals surface area contributed by atoms with Gasteiger partial charge in [0, 0.05) is 11.6 Å². The van der Waals surface area contributed by atoms with Gasteiger partial charge >= 0.3 is 5.97 Å². The van der Waals surface area contributed by atoms with Crippen LogP contribution >= 0.6 is 12.4 Å². The fourth-order valence-corrected chi connectivity index (χ4v) is 1.51. The highest BCUT2D eigenvalue weighted by atomic mass is 35.5. The fraction of sp³-hybridized carbons (Fsp3) is 0.417. The molecule has 2 N–H and O–H groups in total. The van der Waals surface area contributed by atoms with E-state index in [1.807, 2.05) is 0 Å². The Labute approximate surface area is 107 Å². The molecule has 0 fully saturated rings. The van der Waals surface area contributed by atoms with E-state index in [0.717, 1.165) is 0 Å². The van der Waals surface area contributed by atoms with Crippen LogP contribution in [0.2, 0.25) is 0 Å². The molecule has 17 heavy (non-hydrogen) atoms. The molecule has 0 unspecified atom stereocenters. The van der Waals surface area contributed by atoms with Crippen molar-refractivity contribution in [2.75, 3.05) is 7.11 Å². The number of nitrogens with two attached hydrogens (primary N) is 1. The van der Waals surface area contributed by atoms with Crippen molar-refractivity contribution in [1.82, 2.24) is 0 Å². The molecule has 0 saturated carbocycles. The first-order valence-electron chi connectivity index (χ1n) is 4.99. The molecule has 1 aromatic carbocycles. The number of hydrogen-bond acceptors (Lipinski definition) is 3. The third-order valence-corrected chi connectivity index (χ3v) is 2.73. The normalized spacial score (nSPS) is 12.5. The average Bonchev–Trinajstić information content (AvgIpc) is 2.27. The summed E-state index contributed by atoms with van der Waals surface area (Å²) in [6.07, 6.45) is 0. The molecule has 0 aliphatic heterocycles. The molecule has 0 heterocycles. The molecular weight excluding hydrogens is 245 g/mol. The molecule has 3 nitrogen and oxygen atoms in total. The van der Waals surface area contributed by atoms with Crippen molar-refractivity contribution in [2.45, 2.75) is 19.9 Å². The Hall–Kier alpha value is -1.13. The Kier molecular flexibility index (Phi) is 5.58. The Bertz CT molecular complexity index is 396. The summed E-state index contributed by atoms with van der Waals surface area (Å²) in [5, 5.41) is 0. The summed E-state index contributed by atoms with van der Waals surface area (Å²) < 4.78 is 18.2. The number of methoxy groups -OCH3 is 1. The molecule has 0 bridgehead atoms. The fourth-order valence-electron chi connectivity index (χ4n) is 1.51. The molecule has 1 aromatic rings. The SMILES string of the molecule is COC(=O)C(C)(C)[C@H](N)c1ccccc1F.Cl. The van der Waals surface area contributed by atoms with Gasteiger partial charge in [-0.25, -0.2) is 4.39 Å². The van der Waals surface area contributed by atoms with Crippen molar-refractivity contribution in [1.29, 1.82) is 0 Å². The average molecular weight is 262 g/mol. The minimum absolute atomic E-state index is 0. The van der Waals surface area contributed by atoms with Crippen LogP contribution in [0.25, 0.3) is 0 Å². The zero-order chi connectivity index (χ0) is 12.3. The van der Waals surface area contributed by atoms with Crippen molar-refractivity contribution in [3.05, 3.63) is 35.6 Å². The number of esters is 1. The summed E-state index contributed by atoms with van der Waals surface area (Å²) >= 11 is 0.